The minimum absolute atomic E-state index is 0.729. The third-order valence-corrected chi connectivity index (χ3v) is 4.20. The van der Waals surface area contributed by atoms with E-state index in [0.29, 0.717) is 0 Å². The summed E-state index contributed by atoms with van der Waals surface area (Å²) in [7, 11) is 3.29. The molecule has 4 heteroatoms. The molecule has 1 aromatic carbocycles. The van der Waals surface area contributed by atoms with Gasteiger partial charge in [0.1, 0.15) is 4.99 Å². The number of hydrogen-bond acceptors (Lipinski definition) is 3. The fraction of sp³-hybridized carbons (Fsp3) is 0.533. The van der Waals surface area contributed by atoms with Crippen LogP contribution in [0.25, 0.3) is 0 Å². The van der Waals surface area contributed by atoms with Crippen molar-refractivity contribution in [3.05, 3.63) is 23.8 Å². The van der Waals surface area contributed by atoms with Gasteiger partial charge in [-0.1, -0.05) is 19.1 Å². The van der Waals surface area contributed by atoms with Crippen LogP contribution in [-0.2, 0) is 0 Å². The molecule has 0 amide bonds. The van der Waals surface area contributed by atoms with Crippen LogP contribution in [0.3, 0.4) is 0 Å². The first kappa shape index (κ1) is 14.1. The molecule has 0 aromatic heterocycles. The molecule has 1 aromatic rings. The molecule has 0 aliphatic carbocycles. The number of likely N-dealkylation sites (tertiary alicyclic amines) is 1. The van der Waals surface area contributed by atoms with Gasteiger partial charge < -0.3 is 14.4 Å². The number of methoxy groups -OCH3 is 2. The van der Waals surface area contributed by atoms with Crippen molar-refractivity contribution in [3.8, 4) is 11.5 Å². The summed E-state index contributed by atoms with van der Waals surface area (Å²) in [6.07, 6.45) is 2.43. The normalized spacial score (nSPS) is 16.3. The second-order valence-electron chi connectivity index (χ2n) is 5.04. The summed E-state index contributed by atoms with van der Waals surface area (Å²) < 4.78 is 10.6. The van der Waals surface area contributed by atoms with Gasteiger partial charge in [-0.2, -0.15) is 0 Å². The SMILES string of the molecule is COc1ccc(C(=S)N2CCC(C)CC2)cc1OC. The van der Waals surface area contributed by atoms with E-state index in [0.717, 1.165) is 41.1 Å². The first-order valence-corrected chi connectivity index (χ1v) is 7.08. The van der Waals surface area contributed by atoms with Crippen molar-refractivity contribution >= 4 is 17.2 Å². The zero-order valence-corrected chi connectivity index (χ0v) is 12.6. The van der Waals surface area contributed by atoms with Crippen LogP contribution in [0, 0.1) is 5.92 Å². The monoisotopic (exact) mass is 279 g/mol. The number of thiocarbonyl (C=S) groups is 1. The van der Waals surface area contributed by atoms with Gasteiger partial charge in [0.05, 0.1) is 14.2 Å². The summed E-state index contributed by atoms with van der Waals surface area (Å²) in [6, 6.07) is 5.87. The number of benzene rings is 1. The Morgan fingerprint density at radius 2 is 1.79 bits per heavy atom. The van der Waals surface area contributed by atoms with E-state index in [1.165, 1.54) is 12.8 Å². The van der Waals surface area contributed by atoms with Crippen molar-refractivity contribution in [2.24, 2.45) is 5.92 Å². The molecule has 0 unspecified atom stereocenters. The fourth-order valence-electron chi connectivity index (χ4n) is 2.36. The third kappa shape index (κ3) is 3.18. The molecule has 0 atom stereocenters. The number of hydrogen-bond donors (Lipinski definition) is 0. The van der Waals surface area contributed by atoms with Crippen molar-refractivity contribution in [1.82, 2.24) is 4.90 Å². The Hall–Kier alpha value is -1.29. The molecule has 0 radical (unpaired) electrons. The Morgan fingerprint density at radius 3 is 2.37 bits per heavy atom. The Balaban J connectivity index is 2.15. The van der Waals surface area contributed by atoms with Crippen LogP contribution in [0.15, 0.2) is 18.2 Å². The van der Waals surface area contributed by atoms with E-state index in [1.54, 1.807) is 14.2 Å². The van der Waals surface area contributed by atoms with E-state index in [2.05, 4.69) is 11.8 Å². The molecule has 1 fully saturated rings. The smallest absolute Gasteiger partial charge is 0.161 e. The summed E-state index contributed by atoms with van der Waals surface area (Å²) >= 11 is 5.60. The lowest BCUT2D eigenvalue weighted by Gasteiger charge is -2.32. The maximum absolute atomic E-state index is 5.60. The van der Waals surface area contributed by atoms with Gasteiger partial charge in [-0.15, -0.1) is 0 Å². The summed E-state index contributed by atoms with van der Waals surface area (Å²) in [6.45, 7) is 4.40. The Kier molecular flexibility index (Phi) is 4.64. The van der Waals surface area contributed by atoms with Crippen LogP contribution in [0.1, 0.15) is 25.3 Å². The first-order chi connectivity index (χ1) is 9.15. The molecule has 1 aliphatic rings. The molecule has 1 heterocycles. The Bertz CT molecular complexity index is 453. The van der Waals surface area contributed by atoms with Crippen LogP contribution < -0.4 is 9.47 Å². The Morgan fingerprint density at radius 1 is 1.16 bits per heavy atom. The van der Waals surface area contributed by atoms with Gasteiger partial charge in [-0.3, -0.25) is 0 Å². The van der Waals surface area contributed by atoms with E-state index in [9.17, 15) is 0 Å². The third-order valence-electron chi connectivity index (χ3n) is 3.70. The highest BCUT2D eigenvalue weighted by Gasteiger charge is 2.19. The number of piperidine rings is 1. The molecule has 19 heavy (non-hydrogen) atoms. The molecule has 0 N–H and O–H groups in total. The van der Waals surface area contributed by atoms with Crippen molar-refractivity contribution in [1.29, 1.82) is 0 Å². The highest BCUT2D eigenvalue weighted by molar-refractivity contribution is 7.80. The quantitative estimate of drug-likeness (QED) is 0.793. The van der Waals surface area contributed by atoms with Gasteiger partial charge in [0, 0.05) is 18.7 Å². The van der Waals surface area contributed by atoms with Crippen LogP contribution in [0.2, 0.25) is 0 Å². The second-order valence-corrected chi connectivity index (χ2v) is 5.43. The average molecular weight is 279 g/mol. The predicted molar refractivity (Wildman–Crippen MR) is 81.2 cm³/mol. The van der Waals surface area contributed by atoms with E-state index >= 15 is 0 Å². The summed E-state index contributed by atoms with van der Waals surface area (Å²) in [5, 5.41) is 0. The van der Waals surface area contributed by atoms with E-state index in [-0.39, 0.29) is 0 Å². The van der Waals surface area contributed by atoms with Gasteiger partial charge in [-0.25, -0.2) is 0 Å². The van der Waals surface area contributed by atoms with Gasteiger partial charge in [0.25, 0.3) is 0 Å². The average Bonchev–Trinajstić information content (AvgIpc) is 2.46. The molecule has 0 spiro atoms. The lowest BCUT2D eigenvalue weighted by Crippen LogP contribution is -2.37. The number of ether oxygens (including phenoxy) is 2. The van der Waals surface area contributed by atoms with Crippen LogP contribution >= 0.6 is 12.2 Å². The van der Waals surface area contributed by atoms with Gasteiger partial charge in [0.2, 0.25) is 0 Å². The minimum atomic E-state index is 0.729. The summed E-state index contributed by atoms with van der Waals surface area (Å²) in [5.74, 6) is 2.28. The molecule has 0 bridgehead atoms. The molecule has 0 saturated carbocycles. The predicted octanol–water partition coefficient (Wildman–Crippen LogP) is 3.11. The lowest BCUT2D eigenvalue weighted by molar-refractivity contribution is 0.284. The van der Waals surface area contributed by atoms with Crippen molar-refractivity contribution in [2.45, 2.75) is 19.8 Å². The molecule has 3 nitrogen and oxygen atoms in total. The number of rotatable bonds is 3. The second kappa shape index (κ2) is 6.24. The molecule has 1 saturated heterocycles. The van der Waals surface area contributed by atoms with Gasteiger partial charge in [0.15, 0.2) is 11.5 Å². The fourth-order valence-corrected chi connectivity index (χ4v) is 2.67. The maximum Gasteiger partial charge on any atom is 0.161 e. The van der Waals surface area contributed by atoms with Crippen LogP contribution in [-0.4, -0.2) is 37.2 Å². The molecule has 2 rings (SSSR count). The molecule has 104 valence electrons. The zero-order chi connectivity index (χ0) is 13.8. The molecular weight excluding hydrogens is 258 g/mol. The Labute approximate surface area is 120 Å². The highest BCUT2D eigenvalue weighted by atomic mass is 32.1. The van der Waals surface area contributed by atoms with E-state index < -0.39 is 0 Å². The van der Waals surface area contributed by atoms with Crippen molar-refractivity contribution in [2.75, 3.05) is 27.3 Å². The van der Waals surface area contributed by atoms with Crippen LogP contribution in [0.4, 0.5) is 0 Å². The minimum Gasteiger partial charge on any atom is -0.493 e. The van der Waals surface area contributed by atoms with E-state index in [4.69, 9.17) is 21.7 Å². The van der Waals surface area contributed by atoms with E-state index in [1.807, 2.05) is 18.2 Å². The highest BCUT2D eigenvalue weighted by Crippen LogP contribution is 2.29. The van der Waals surface area contributed by atoms with Gasteiger partial charge >= 0.3 is 0 Å². The topological polar surface area (TPSA) is 21.7 Å². The molecular formula is C15H21NO2S. The van der Waals surface area contributed by atoms with Crippen molar-refractivity contribution < 1.29 is 9.47 Å². The molecule has 1 aliphatic heterocycles. The standard InChI is InChI=1S/C15H21NO2S/c1-11-6-8-16(9-7-11)15(19)12-4-5-13(17-2)14(10-12)18-3/h4-5,10-11H,6-9H2,1-3H3. The first-order valence-electron chi connectivity index (χ1n) is 6.67. The summed E-state index contributed by atoms with van der Waals surface area (Å²) in [4.78, 5) is 3.20. The lowest BCUT2D eigenvalue weighted by atomic mass is 9.99. The zero-order valence-electron chi connectivity index (χ0n) is 11.8. The largest absolute Gasteiger partial charge is 0.493 e. The number of nitrogens with zero attached hydrogens (tertiary/aromatic N) is 1. The maximum atomic E-state index is 5.60. The van der Waals surface area contributed by atoms with Crippen LogP contribution in [0.5, 0.6) is 11.5 Å². The van der Waals surface area contributed by atoms with Gasteiger partial charge in [-0.05, 0) is 37.0 Å². The van der Waals surface area contributed by atoms with Crippen molar-refractivity contribution in [3.63, 3.8) is 0 Å². The summed E-state index contributed by atoms with van der Waals surface area (Å²) in [5.41, 5.74) is 1.03.